The number of hydrogen-bond donors (Lipinski definition) is 0. The lowest BCUT2D eigenvalue weighted by Crippen LogP contribution is -3.62. The number of benzene rings is 5. The van der Waals surface area contributed by atoms with Crippen molar-refractivity contribution in [3.8, 4) is 0 Å². The highest BCUT2D eigenvalue weighted by Crippen LogP contribution is 2.09. The van der Waals surface area contributed by atoms with Crippen LogP contribution in [0, 0.1) is 28.1 Å². The lowest BCUT2D eigenvalue weighted by Gasteiger charge is -2.05. The molecule has 5 aromatic carbocycles. The van der Waals surface area contributed by atoms with Crippen LogP contribution in [0.5, 0.6) is 0 Å². The van der Waals surface area contributed by atoms with Crippen LogP contribution in [0.4, 0.5) is 0 Å². The summed E-state index contributed by atoms with van der Waals surface area (Å²) in [5.74, 6) is 0. The van der Waals surface area contributed by atoms with Crippen molar-refractivity contribution >= 4 is 20.2 Å². The number of rotatable bonds is 6. The molecule has 218 valence electrons. The molecular weight excluding hydrogens is 798 g/mol. The minimum atomic E-state index is -4.27. The highest BCUT2D eigenvalue weighted by Gasteiger charge is 2.19. The molecule has 10 heteroatoms. The van der Waals surface area contributed by atoms with Crippen LogP contribution < -0.4 is 42.4 Å². The van der Waals surface area contributed by atoms with E-state index in [-0.39, 0.29) is 52.2 Å². The van der Waals surface area contributed by atoms with E-state index in [2.05, 4.69) is 84.9 Å². The Morgan fingerprint density at radius 3 is 0.929 bits per heavy atom. The SMILES string of the molecule is Cc1ccc(S(=O)(=O)[O-])cc1.Cc1ccc(S(=O)(=O)[O-])cc1.c1ccc([I+]c2ccc([I+]c3ccccc3)cc2)cc1. The molecule has 0 aromatic heterocycles. The Morgan fingerprint density at radius 2 is 0.667 bits per heavy atom. The van der Waals surface area contributed by atoms with Crippen molar-refractivity contribution < 1.29 is 68.4 Å². The quantitative estimate of drug-likeness (QED) is 0.173. The molecule has 0 N–H and O–H groups in total. The third-order valence-corrected chi connectivity index (χ3v) is 12.4. The van der Waals surface area contributed by atoms with E-state index in [1.807, 2.05) is 13.8 Å². The van der Waals surface area contributed by atoms with E-state index in [4.69, 9.17) is 0 Å². The Balaban J connectivity index is 0.000000188. The third kappa shape index (κ3) is 12.3. The van der Waals surface area contributed by atoms with Crippen LogP contribution in [0.1, 0.15) is 11.1 Å². The average molecular weight is 827 g/mol. The molecule has 0 saturated carbocycles. The van der Waals surface area contributed by atoms with E-state index in [0.717, 1.165) is 11.1 Å². The van der Waals surface area contributed by atoms with Gasteiger partial charge in [-0.2, -0.15) is 0 Å². The van der Waals surface area contributed by atoms with Crippen molar-refractivity contribution in [3.63, 3.8) is 0 Å². The lowest BCUT2D eigenvalue weighted by molar-refractivity contribution is -0.603. The molecule has 0 aliphatic heterocycles. The molecule has 0 saturated heterocycles. The van der Waals surface area contributed by atoms with Crippen LogP contribution in [-0.4, -0.2) is 25.9 Å². The minimum absolute atomic E-state index is 0.0323. The van der Waals surface area contributed by atoms with Gasteiger partial charge < -0.3 is 9.11 Å². The van der Waals surface area contributed by atoms with E-state index in [1.54, 1.807) is 24.3 Å². The van der Waals surface area contributed by atoms with Gasteiger partial charge in [-0.1, -0.05) is 71.8 Å². The van der Waals surface area contributed by atoms with Gasteiger partial charge in [0.25, 0.3) is 0 Å². The van der Waals surface area contributed by atoms with Crippen LogP contribution >= 0.6 is 0 Å². The van der Waals surface area contributed by atoms with E-state index in [1.165, 1.54) is 38.5 Å². The van der Waals surface area contributed by atoms with Crippen LogP contribution in [0.25, 0.3) is 0 Å². The van der Waals surface area contributed by atoms with Crippen molar-refractivity contribution in [2.24, 2.45) is 0 Å². The summed E-state index contributed by atoms with van der Waals surface area (Å²) in [6, 6.07) is 42.5. The van der Waals surface area contributed by atoms with Gasteiger partial charge in [0.1, 0.15) is 20.2 Å². The minimum Gasteiger partial charge on any atom is -0.744 e. The van der Waals surface area contributed by atoms with Crippen LogP contribution in [0.15, 0.2) is 143 Å². The maximum Gasteiger partial charge on any atom is 0.357 e. The second-order valence-electron chi connectivity index (χ2n) is 8.75. The van der Waals surface area contributed by atoms with Crippen molar-refractivity contribution in [1.82, 2.24) is 0 Å². The fourth-order valence-electron chi connectivity index (χ4n) is 3.17. The number of aryl methyl sites for hydroxylation is 2. The summed E-state index contributed by atoms with van der Waals surface area (Å²) >= 11 is -0.0647. The van der Waals surface area contributed by atoms with Gasteiger partial charge in [0.05, 0.1) is 9.79 Å². The van der Waals surface area contributed by atoms with E-state index in [9.17, 15) is 25.9 Å². The Morgan fingerprint density at radius 1 is 0.405 bits per heavy atom. The Labute approximate surface area is 268 Å². The Bertz CT molecular complexity index is 1610. The van der Waals surface area contributed by atoms with Crippen molar-refractivity contribution in [3.05, 3.63) is 159 Å². The summed E-state index contributed by atoms with van der Waals surface area (Å²) in [7, 11) is -8.54. The predicted molar refractivity (Wildman–Crippen MR) is 152 cm³/mol. The molecule has 0 atom stereocenters. The fraction of sp³-hybridized carbons (Fsp3) is 0.0625. The molecule has 0 spiro atoms. The van der Waals surface area contributed by atoms with Gasteiger partial charge in [0.2, 0.25) is 0 Å². The molecule has 0 aliphatic rings. The van der Waals surface area contributed by atoms with Gasteiger partial charge in [0.15, 0.2) is 14.3 Å². The summed E-state index contributed by atoms with van der Waals surface area (Å²) < 4.78 is 68.3. The first-order valence-corrected chi connectivity index (χ1v) is 19.6. The molecule has 0 fully saturated rings. The summed E-state index contributed by atoms with van der Waals surface area (Å²) in [6.07, 6.45) is 0. The first kappa shape index (κ1) is 33.9. The second-order valence-corrected chi connectivity index (χ2v) is 17.6. The maximum atomic E-state index is 10.4. The van der Waals surface area contributed by atoms with Gasteiger partial charge >= 0.3 is 42.4 Å². The van der Waals surface area contributed by atoms with E-state index >= 15 is 0 Å². The van der Waals surface area contributed by atoms with Crippen molar-refractivity contribution in [1.29, 1.82) is 0 Å². The van der Waals surface area contributed by atoms with E-state index < -0.39 is 20.2 Å². The molecule has 42 heavy (non-hydrogen) atoms. The Hall–Kier alpha value is -2.62. The highest BCUT2D eigenvalue weighted by atomic mass is 127. The molecule has 0 heterocycles. The number of hydrogen-bond acceptors (Lipinski definition) is 6. The van der Waals surface area contributed by atoms with Gasteiger partial charge in [-0.15, -0.1) is 0 Å². The normalized spacial score (nSPS) is 11.0. The zero-order chi connectivity index (χ0) is 30.6. The first-order valence-electron chi connectivity index (χ1n) is 12.4. The van der Waals surface area contributed by atoms with Gasteiger partial charge in [-0.3, -0.25) is 0 Å². The zero-order valence-electron chi connectivity index (χ0n) is 22.7. The molecule has 0 bridgehead atoms. The van der Waals surface area contributed by atoms with Crippen molar-refractivity contribution in [2.45, 2.75) is 23.6 Å². The predicted octanol–water partition coefficient (Wildman–Crippen LogP) is -0.258. The molecule has 6 nitrogen and oxygen atoms in total. The topological polar surface area (TPSA) is 114 Å². The molecule has 0 radical (unpaired) electrons. The smallest absolute Gasteiger partial charge is 0.357 e. The summed E-state index contributed by atoms with van der Waals surface area (Å²) in [5.41, 5.74) is 1.86. The molecule has 0 unspecified atom stereocenters. The third-order valence-electron chi connectivity index (χ3n) is 5.33. The molecular formula is C32H28I2O6S2. The standard InChI is InChI=1S/C18H14I2.2C7H8O3S/c1-3-7-15(8-4-1)19-17-11-13-18(14-12-17)20-16-9-5-2-6-10-16;2*1-6-2-4-7(5-3-6)11(8,9)10/h1-14H;2*2-5H,1H3,(H,8,9,10)/q+2;;/p-2. The summed E-state index contributed by atoms with van der Waals surface area (Å²) in [5, 5.41) is 0. The fourth-order valence-corrected chi connectivity index (χ4v) is 8.54. The van der Waals surface area contributed by atoms with Gasteiger partial charge in [-0.25, -0.2) is 16.8 Å². The van der Waals surface area contributed by atoms with Crippen LogP contribution in [-0.2, 0) is 20.2 Å². The molecule has 0 amide bonds. The maximum absolute atomic E-state index is 10.4. The Kier molecular flexibility index (Phi) is 13.1. The van der Waals surface area contributed by atoms with E-state index in [0.29, 0.717) is 0 Å². The lowest BCUT2D eigenvalue weighted by atomic mass is 10.2. The zero-order valence-corrected chi connectivity index (χ0v) is 28.7. The molecule has 5 aromatic rings. The van der Waals surface area contributed by atoms with Crippen LogP contribution in [0.3, 0.4) is 0 Å². The summed E-state index contributed by atoms with van der Waals surface area (Å²) in [4.78, 5) is -0.355. The van der Waals surface area contributed by atoms with Crippen LogP contribution in [0.2, 0.25) is 0 Å². The monoisotopic (exact) mass is 826 g/mol. The first-order chi connectivity index (χ1) is 19.9. The number of halogens is 2. The second kappa shape index (κ2) is 16.3. The van der Waals surface area contributed by atoms with Gasteiger partial charge in [0, 0.05) is 0 Å². The largest absolute Gasteiger partial charge is 0.744 e. The molecule has 0 aliphatic carbocycles. The average Bonchev–Trinajstić information content (AvgIpc) is 2.95. The molecule has 5 rings (SSSR count). The summed E-state index contributed by atoms with van der Waals surface area (Å²) in [6.45, 7) is 3.64. The highest BCUT2D eigenvalue weighted by molar-refractivity contribution is 7.86. The van der Waals surface area contributed by atoms with Crippen molar-refractivity contribution in [2.75, 3.05) is 0 Å². The van der Waals surface area contributed by atoms with Gasteiger partial charge in [-0.05, 0) is 86.6 Å².